The van der Waals surface area contributed by atoms with Gasteiger partial charge in [-0.1, -0.05) is 79.2 Å². The number of ether oxygens (including phenoxy) is 1. The van der Waals surface area contributed by atoms with Crippen LogP contribution in [-0.4, -0.2) is 23.4 Å². The van der Waals surface area contributed by atoms with Crippen molar-refractivity contribution in [3.8, 4) is 5.75 Å². The van der Waals surface area contributed by atoms with E-state index in [1.54, 1.807) is 23.9 Å². The first-order valence-corrected chi connectivity index (χ1v) is 11.0. The maximum Gasteiger partial charge on any atom is 0.341 e. The lowest BCUT2D eigenvalue weighted by atomic mass is 9.96. The third-order valence-electron chi connectivity index (χ3n) is 4.55. The third-order valence-corrected chi connectivity index (χ3v) is 5.77. The average Bonchev–Trinajstić information content (AvgIpc) is 2.77. The molecule has 0 fully saturated rings. The summed E-state index contributed by atoms with van der Waals surface area (Å²) in [7, 11) is 0. The Morgan fingerprint density at radius 2 is 1.73 bits per heavy atom. The van der Waals surface area contributed by atoms with Crippen molar-refractivity contribution in [2.24, 2.45) is 0 Å². The number of benzene rings is 3. The zero-order valence-electron chi connectivity index (χ0n) is 16.7. The summed E-state index contributed by atoms with van der Waals surface area (Å²) >= 11 is 7.89. The summed E-state index contributed by atoms with van der Waals surface area (Å²) < 4.78 is 5.18. The highest BCUT2D eigenvalue weighted by Gasteiger charge is 2.07. The number of carboxylic acids is 1. The van der Waals surface area contributed by atoms with Crippen LogP contribution in [0.3, 0.4) is 0 Å². The van der Waals surface area contributed by atoms with Crippen LogP contribution in [0.5, 0.6) is 5.75 Å². The number of hydrogen-bond donors (Lipinski definition) is 1. The van der Waals surface area contributed by atoms with Gasteiger partial charge in [0.15, 0.2) is 6.61 Å². The Morgan fingerprint density at radius 1 is 1.03 bits per heavy atom. The summed E-state index contributed by atoms with van der Waals surface area (Å²) in [6.45, 7) is 1.74. The van der Waals surface area contributed by atoms with Crippen LogP contribution in [0.25, 0.3) is 5.57 Å². The van der Waals surface area contributed by atoms with Crippen LogP contribution in [0.2, 0.25) is 5.02 Å². The van der Waals surface area contributed by atoms with E-state index in [1.807, 2.05) is 24.3 Å². The minimum absolute atomic E-state index is 0.375. The minimum atomic E-state index is -1.03. The lowest BCUT2D eigenvalue weighted by Crippen LogP contribution is -2.09. The molecule has 0 heterocycles. The maximum atomic E-state index is 10.6. The van der Waals surface area contributed by atoms with E-state index >= 15 is 0 Å². The van der Waals surface area contributed by atoms with Gasteiger partial charge in [0.2, 0.25) is 0 Å². The van der Waals surface area contributed by atoms with Gasteiger partial charge in [0.1, 0.15) is 5.75 Å². The Kier molecular flexibility index (Phi) is 8.00. The molecule has 5 heteroatoms. The van der Waals surface area contributed by atoms with Gasteiger partial charge in [0, 0.05) is 10.6 Å². The fourth-order valence-corrected chi connectivity index (χ4v) is 4.10. The summed E-state index contributed by atoms with van der Waals surface area (Å²) in [6, 6.07) is 24.5. The molecule has 0 saturated heterocycles. The van der Waals surface area contributed by atoms with Crippen LogP contribution in [0.1, 0.15) is 23.6 Å². The van der Waals surface area contributed by atoms with Gasteiger partial charge in [0.25, 0.3) is 0 Å². The van der Waals surface area contributed by atoms with Crippen LogP contribution in [0, 0.1) is 0 Å². The molecule has 0 aromatic heterocycles. The monoisotopic (exact) mass is 438 g/mol. The first kappa shape index (κ1) is 22.0. The lowest BCUT2D eigenvalue weighted by molar-refractivity contribution is -0.139. The van der Waals surface area contributed by atoms with Crippen molar-refractivity contribution in [3.05, 3.63) is 101 Å². The standard InChI is InChI=1S/C25H23ClO3S/c1-2-18-8-10-20(11-9-18)22(19-6-4-3-5-7-19)14-15-30-21-12-13-24(23(26)16-21)29-17-25(27)28/h3-14,16H,2,15,17H2,1H3,(H,27,28). The van der Waals surface area contributed by atoms with Crippen molar-refractivity contribution < 1.29 is 14.6 Å². The third kappa shape index (κ3) is 6.15. The summed E-state index contributed by atoms with van der Waals surface area (Å²) in [4.78, 5) is 11.6. The normalized spacial score (nSPS) is 11.3. The van der Waals surface area contributed by atoms with Crippen molar-refractivity contribution in [2.75, 3.05) is 12.4 Å². The van der Waals surface area contributed by atoms with E-state index in [0.29, 0.717) is 10.8 Å². The summed E-state index contributed by atoms with van der Waals surface area (Å²) in [5.74, 6) is 0.112. The number of thioether (sulfide) groups is 1. The average molecular weight is 439 g/mol. The van der Waals surface area contributed by atoms with E-state index in [0.717, 1.165) is 17.1 Å². The molecule has 0 amide bonds. The molecule has 0 unspecified atom stereocenters. The molecular formula is C25H23ClO3S. The van der Waals surface area contributed by atoms with Crippen molar-refractivity contribution in [2.45, 2.75) is 18.2 Å². The van der Waals surface area contributed by atoms with Gasteiger partial charge < -0.3 is 9.84 Å². The molecule has 3 nitrogen and oxygen atoms in total. The molecule has 3 rings (SSSR count). The smallest absolute Gasteiger partial charge is 0.341 e. The molecule has 154 valence electrons. The van der Waals surface area contributed by atoms with E-state index in [-0.39, 0.29) is 0 Å². The highest BCUT2D eigenvalue weighted by Crippen LogP contribution is 2.31. The second kappa shape index (κ2) is 10.9. The molecular weight excluding hydrogens is 416 g/mol. The Labute approximate surface area is 186 Å². The van der Waals surface area contributed by atoms with E-state index in [4.69, 9.17) is 21.4 Å². The molecule has 0 aliphatic heterocycles. The molecule has 0 bridgehead atoms. The van der Waals surface area contributed by atoms with Crippen molar-refractivity contribution in [1.82, 2.24) is 0 Å². The molecule has 0 radical (unpaired) electrons. The summed E-state index contributed by atoms with van der Waals surface area (Å²) in [6.07, 6.45) is 3.25. The van der Waals surface area contributed by atoms with Crippen molar-refractivity contribution in [1.29, 1.82) is 0 Å². The molecule has 0 spiro atoms. The maximum absolute atomic E-state index is 10.6. The fourth-order valence-electron chi connectivity index (χ4n) is 2.99. The van der Waals surface area contributed by atoms with E-state index in [2.05, 4.69) is 49.4 Å². The zero-order valence-corrected chi connectivity index (χ0v) is 18.2. The van der Waals surface area contributed by atoms with Crippen LogP contribution in [-0.2, 0) is 11.2 Å². The van der Waals surface area contributed by atoms with Gasteiger partial charge in [-0.15, -0.1) is 11.8 Å². The van der Waals surface area contributed by atoms with Gasteiger partial charge in [0.05, 0.1) is 5.02 Å². The summed E-state index contributed by atoms with van der Waals surface area (Å²) in [5, 5.41) is 9.13. The topological polar surface area (TPSA) is 46.5 Å². The lowest BCUT2D eigenvalue weighted by Gasteiger charge is -2.10. The number of carbonyl (C=O) groups is 1. The summed E-state index contributed by atoms with van der Waals surface area (Å²) in [5.41, 5.74) is 4.88. The van der Waals surface area contributed by atoms with Gasteiger partial charge in [-0.3, -0.25) is 0 Å². The first-order valence-electron chi connectivity index (χ1n) is 9.68. The van der Waals surface area contributed by atoms with Gasteiger partial charge in [-0.05, 0) is 46.9 Å². The molecule has 30 heavy (non-hydrogen) atoms. The van der Waals surface area contributed by atoms with Crippen molar-refractivity contribution >= 4 is 34.9 Å². The Hall–Kier alpha value is -2.69. The highest BCUT2D eigenvalue weighted by atomic mass is 35.5. The number of hydrogen-bond acceptors (Lipinski definition) is 3. The molecule has 3 aromatic rings. The predicted molar refractivity (Wildman–Crippen MR) is 125 cm³/mol. The largest absolute Gasteiger partial charge is 0.480 e. The number of carboxylic acid groups (broad SMARTS) is 1. The molecule has 0 aliphatic rings. The van der Waals surface area contributed by atoms with Crippen LogP contribution >= 0.6 is 23.4 Å². The number of aliphatic carboxylic acids is 1. The second-order valence-corrected chi connectivity index (χ2v) is 8.12. The molecule has 0 atom stereocenters. The first-order chi connectivity index (χ1) is 14.6. The van der Waals surface area contributed by atoms with Crippen LogP contribution in [0.15, 0.2) is 83.8 Å². The Balaban J connectivity index is 1.76. The van der Waals surface area contributed by atoms with Crippen molar-refractivity contribution in [3.63, 3.8) is 0 Å². The fraction of sp³-hybridized carbons (Fsp3) is 0.160. The minimum Gasteiger partial charge on any atom is -0.480 e. The van der Waals surface area contributed by atoms with E-state index in [9.17, 15) is 4.79 Å². The second-order valence-electron chi connectivity index (χ2n) is 6.62. The number of aryl methyl sites for hydroxylation is 1. The number of rotatable bonds is 9. The Morgan fingerprint density at radius 3 is 2.37 bits per heavy atom. The molecule has 0 saturated carbocycles. The van der Waals surface area contributed by atoms with Crippen LogP contribution < -0.4 is 4.74 Å². The Bertz CT molecular complexity index is 1010. The van der Waals surface area contributed by atoms with Crippen LogP contribution in [0.4, 0.5) is 0 Å². The van der Waals surface area contributed by atoms with Gasteiger partial charge >= 0.3 is 5.97 Å². The quantitative estimate of drug-likeness (QED) is 0.383. The molecule has 0 aliphatic carbocycles. The highest BCUT2D eigenvalue weighted by molar-refractivity contribution is 7.99. The number of halogens is 1. The molecule has 1 N–H and O–H groups in total. The zero-order chi connectivity index (χ0) is 21.3. The van der Waals surface area contributed by atoms with E-state index < -0.39 is 12.6 Å². The predicted octanol–water partition coefficient (Wildman–Crippen LogP) is 6.59. The van der Waals surface area contributed by atoms with Gasteiger partial charge in [-0.2, -0.15) is 0 Å². The SMILES string of the molecule is CCc1ccc(C(=CCSc2ccc(OCC(=O)O)c(Cl)c2)c2ccccc2)cc1. The van der Waals surface area contributed by atoms with Gasteiger partial charge in [-0.25, -0.2) is 4.79 Å². The molecule has 3 aromatic carbocycles. The van der Waals surface area contributed by atoms with E-state index in [1.165, 1.54) is 22.3 Å².